The molecule has 0 heterocycles. The van der Waals surface area contributed by atoms with Crippen molar-refractivity contribution in [1.29, 1.82) is 0 Å². The lowest BCUT2D eigenvalue weighted by atomic mass is 10.3. The standard InChI is InChI=1S/C8H3FN2/c1-10-6-3-4-8(11-2)7(9)5-6/h3-5H. The molecule has 0 radical (unpaired) electrons. The summed E-state index contributed by atoms with van der Waals surface area (Å²) in [5, 5.41) is 0. The van der Waals surface area contributed by atoms with Gasteiger partial charge in [-0.1, -0.05) is 12.1 Å². The van der Waals surface area contributed by atoms with E-state index in [9.17, 15) is 4.39 Å². The van der Waals surface area contributed by atoms with Crippen LogP contribution in [0.5, 0.6) is 0 Å². The minimum Gasteiger partial charge on any atom is -0.238 e. The van der Waals surface area contributed by atoms with Crippen LogP contribution in [-0.2, 0) is 0 Å². The van der Waals surface area contributed by atoms with Gasteiger partial charge in [-0.05, 0) is 6.07 Å². The van der Waals surface area contributed by atoms with E-state index in [0.717, 1.165) is 6.07 Å². The zero-order valence-electron chi connectivity index (χ0n) is 5.50. The van der Waals surface area contributed by atoms with Gasteiger partial charge in [0.25, 0.3) is 0 Å². The first kappa shape index (κ1) is 7.24. The lowest BCUT2D eigenvalue weighted by Crippen LogP contribution is -1.70. The van der Waals surface area contributed by atoms with Crippen LogP contribution < -0.4 is 0 Å². The highest BCUT2D eigenvalue weighted by Crippen LogP contribution is 2.22. The smallest absolute Gasteiger partial charge is 0.219 e. The second-order valence-corrected chi connectivity index (χ2v) is 1.86. The zero-order valence-corrected chi connectivity index (χ0v) is 5.50. The molecule has 0 amide bonds. The number of rotatable bonds is 0. The maximum absolute atomic E-state index is 12.7. The van der Waals surface area contributed by atoms with Crippen molar-refractivity contribution in [2.75, 3.05) is 0 Å². The number of nitrogens with zero attached hydrogens (tertiary/aromatic N) is 2. The SMILES string of the molecule is [C-]#[N+]c1ccc([N+]#[C-])c(F)c1. The summed E-state index contributed by atoms with van der Waals surface area (Å²) in [5.41, 5.74) is 0.173. The number of benzene rings is 1. The van der Waals surface area contributed by atoms with Crippen molar-refractivity contribution in [1.82, 2.24) is 0 Å². The van der Waals surface area contributed by atoms with Gasteiger partial charge in [0.2, 0.25) is 5.69 Å². The van der Waals surface area contributed by atoms with E-state index in [-0.39, 0.29) is 11.4 Å². The quantitative estimate of drug-likeness (QED) is 0.497. The average Bonchev–Trinajstić information content (AvgIpc) is 2.04. The monoisotopic (exact) mass is 146 g/mol. The Hall–Kier alpha value is -1.87. The fourth-order valence-electron chi connectivity index (χ4n) is 0.656. The van der Waals surface area contributed by atoms with Crippen LogP contribution in [-0.4, -0.2) is 0 Å². The number of halogens is 1. The van der Waals surface area contributed by atoms with Crippen LogP contribution >= 0.6 is 0 Å². The molecule has 0 bridgehead atoms. The van der Waals surface area contributed by atoms with Gasteiger partial charge in [0.15, 0.2) is 5.69 Å². The molecular formula is C8H3FN2. The van der Waals surface area contributed by atoms with Crippen molar-refractivity contribution >= 4 is 11.4 Å². The Morgan fingerprint density at radius 3 is 2.36 bits per heavy atom. The summed E-state index contributed by atoms with van der Waals surface area (Å²) >= 11 is 0. The van der Waals surface area contributed by atoms with E-state index in [1.165, 1.54) is 12.1 Å². The molecule has 0 spiro atoms. The minimum atomic E-state index is -0.631. The molecule has 0 saturated heterocycles. The molecule has 52 valence electrons. The molecule has 0 fully saturated rings. The Labute approximate surface area is 63.5 Å². The molecule has 2 nitrogen and oxygen atoms in total. The second kappa shape index (κ2) is 2.81. The summed E-state index contributed by atoms with van der Waals surface area (Å²) in [5.74, 6) is -0.631. The zero-order chi connectivity index (χ0) is 8.27. The molecule has 0 unspecified atom stereocenters. The van der Waals surface area contributed by atoms with Crippen molar-refractivity contribution in [3.63, 3.8) is 0 Å². The molecule has 1 aromatic carbocycles. The van der Waals surface area contributed by atoms with Gasteiger partial charge in [-0.25, -0.2) is 14.1 Å². The molecule has 0 aliphatic heterocycles. The molecule has 0 N–H and O–H groups in total. The van der Waals surface area contributed by atoms with E-state index in [0.29, 0.717) is 0 Å². The molecule has 1 rings (SSSR count). The third-order valence-corrected chi connectivity index (χ3v) is 1.18. The molecule has 0 saturated carbocycles. The van der Waals surface area contributed by atoms with Gasteiger partial charge in [0, 0.05) is 0 Å². The number of hydrogen-bond donors (Lipinski definition) is 0. The van der Waals surface area contributed by atoms with Crippen LogP contribution in [0.25, 0.3) is 9.69 Å². The van der Waals surface area contributed by atoms with Crippen molar-refractivity contribution in [3.05, 3.63) is 46.9 Å². The lowest BCUT2D eigenvalue weighted by Gasteiger charge is -1.91. The Balaban J connectivity index is 3.25. The maximum Gasteiger partial charge on any atom is 0.219 e. The van der Waals surface area contributed by atoms with Crippen molar-refractivity contribution < 1.29 is 4.39 Å². The first-order valence-corrected chi connectivity index (χ1v) is 2.82. The van der Waals surface area contributed by atoms with Gasteiger partial charge >= 0.3 is 0 Å². The van der Waals surface area contributed by atoms with Crippen LogP contribution in [0.4, 0.5) is 15.8 Å². The summed E-state index contributed by atoms with van der Waals surface area (Å²) in [6, 6.07) is 3.78. The van der Waals surface area contributed by atoms with Gasteiger partial charge < -0.3 is 0 Å². The van der Waals surface area contributed by atoms with E-state index >= 15 is 0 Å². The maximum atomic E-state index is 12.7. The fraction of sp³-hybridized carbons (Fsp3) is 0. The highest BCUT2D eigenvalue weighted by Gasteiger charge is 2.00. The van der Waals surface area contributed by atoms with Gasteiger partial charge in [-0.3, -0.25) is 0 Å². The van der Waals surface area contributed by atoms with E-state index in [1.54, 1.807) is 0 Å². The molecule has 1 aromatic rings. The molecule has 3 heteroatoms. The Morgan fingerprint density at radius 1 is 1.18 bits per heavy atom. The Bertz CT molecular complexity index is 357. The van der Waals surface area contributed by atoms with Crippen LogP contribution in [0.3, 0.4) is 0 Å². The normalized spacial score (nSPS) is 8.27. The summed E-state index contributed by atoms with van der Waals surface area (Å²) in [7, 11) is 0. The average molecular weight is 146 g/mol. The minimum absolute atomic E-state index is 0.0441. The third-order valence-electron chi connectivity index (χ3n) is 1.18. The van der Waals surface area contributed by atoms with Crippen LogP contribution in [0.2, 0.25) is 0 Å². The summed E-state index contributed by atoms with van der Waals surface area (Å²) < 4.78 is 12.7. The van der Waals surface area contributed by atoms with E-state index in [2.05, 4.69) is 9.69 Å². The van der Waals surface area contributed by atoms with Gasteiger partial charge in [-0.15, -0.1) is 0 Å². The molecule has 0 aliphatic rings. The van der Waals surface area contributed by atoms with Gasteiger partial charge in [0.05, 0.1) is 13.1 Å². The summed E-state index contributed by atoms with van der Waals surface area (Å²) in [6.45, 7) is 13.1. The fourth-order valence-corrected chi connectivity index (χ4v) is 0.656. The van der Waals surface area contributed by atoms with E-state index in [1.807, 2.05) is 0 Å². The topological polar surface area (TPSA) is 8.72 Å². The molecule has 0 aliphatic carbocycles. The van der Waals surface area contributed by atoms with Gasteiger partial charge in [0.1, 0.15) is 5.82 Å². The lowest BCUT2D eigenvalue weighted by molar-refractivity contribution is 0.634. The molecule has 0 aromatic heterocycles. The predicted octanol–water partition coefficient (Wildman–Crippen LogP) is 2.93. The predicted molar refractivity (Wildman–Crippen MR) is 38.9 cm³/mol. The highest BCUT2D eigenvalue weighted by molar-refractivity contribution is 5.55. The summed E-state index contributed by atoms with van der Waals surface area (Å²) in [6.07, 6.45) is 0. The van der Waals surface area contributed by atoms with Crippen LogP contribution in [0.15, 0.2) is 18.2 Å². The number of hydrogen-bond acceptors (Lipinski definition) is 0. The second-order valence-electron chi connectivity index (χ2n) is 1.86. The largest absolute Gasteiger partial charge is 0.238 e. The Morgan fingerprint density at radius 2 is 1.91 bits per heavy atom. The first-order chi connectivity index (χ1) is 5.27. The van der Waals surface area contributed by atoms with Crippen molar-refractivity contribution in [2.45, 2.75) is 0 Å². The van der Waals surface area contributed by atoms with Crippen LogP contribution in [0.1, 0.15) is 0 Å². The molecule has 0 atom stereocenters. The molecule has 11 heavy (non-hydrogen) atoms. The van der Waals surface area contributed by atoms with Crippen molar-refractivity contribution in [3.8, 4) is 0 Å². The van der Waals surface area contributed by atoms with Gasteiger partial charge in [-0.2, -0.15) is 0 Å². The van der Waals surface area contributed by atoms with Crippen molar-refractivity contribution in [2.24, 2.45) is 0 Å². The summed E-state index contributed by atoms with van der Waals surface area (Å²) in [4.78, 5) is 5.93. The van der Waals surface area contributed by atoms with E-state index < -0.39 is 5.82 Å². The highest BCUT2D eigenvalue weighted by atomic mass is 19.1. The van der Waals surface area contributed by atoms with Crippen LogP contribution in [0, 0.1) is 19.0 Å². The third kappa shape index (κ3) is 1.33. The molecular weight excluding hydrogens is 143 g/mol. The van der Waals surface area contributed by atoms with E-state index in [4.69, 9.17) is 13.1 Å². The Kier molecular flexibility index (Phi) is 1.85. The first-order valence-electron chi connectivity index (χ1n) is 2.82.